The predicted molar refractivity (Wildman–Crippen MR) is 111 cm³/mol. The molecule has 1 N–H and O–H groups in total. The van der Waals surface area contributed by atoms with Gasteiger partial charge >= 0.3 is 0 Å². The molecule has 0 spiro atoms. The highest BCUT2D eigenvalue weighted by Gasteiger charge is 2.06. The summed E-state index contributed by atoms with van der Waals surface area (Å²) in [6, 6.07) is 17.2. The van der Waals surface area contributed by atoms with E-state index in [2.05, 4.69) is 20.5 Å². The Bertz CT molecular complexity index is 1180. The second kappa shape index (κ2) is 7.39. The number of fused-ring (bicyclic) bond motifs is 2. The smallest absolute Gasteiger partial charge is 0.185 e. The average Bonchev–Trinajstić information content (AvgIpc) is 2.68. The lowest BCUT2D eigenvalue weighted by molar-refractivity contribution is 0.415. The Hall–Kier alpha value is -2.89. The van der Waals surface area contributed by atoms with Crippen LogP contribution >= 0.6 is 23.2 Å². The molecule has 0 aliphatic rings. The zero-order chi connectivity index (χ0) is 18.8. The van der Waals surface area contributed by atoms with Crippen molar-refractivity contribution < 1.29 is 4.74 Å². The number of hydrogen-bond donors (Lipinski definition) is 1. The molecule has 1 heterocycles. The highest BCUT2D eigenvalue weighted by atomic mass is 35.5. The first-order valence-electron chi connectivity index (χ1n) is 8.12. The number of aromatic nitrogens is 2. The maximum atomic E-state index is 6.18. The molecule has 27 heavy (non-hydrogen) atoms. The Morgan fingerprint density at radius 2 is 1.74 bits per heavy atom. The van der Waals surface area contributed by atoms with E-state index in [0.29, 0.717) is 21.9 Å². The van der Waals surface area contributed by atoms with E-state index in [-0.39, 0.29) is 5.15 Å². The SMILES string of the molecule is COc1ccc2cc(/C=N/Nc3nc4cc(Cl)ccc4nc3Cl)ccc2c1. The predicted octanol–water partition coefficient (Wildman–Crippen LogP) is 5.54. The fourth-order valence-electron chi connectivity index (χ4n) is 2.69. The van der Waals surface area contributed by atoms with Crippen LogP contribution in [-0.4, -0.2) is 23.3 Å². The van der Waals surface area contributed by atoms with Gasteiger partial charge in [0.25, 0.3) is 0 Å². The van der Waals surface area contributed by atoms with Crippen molar-refractivity contribution in [2.24, 2.45) is 5.10 Å². The molecule has 4 rings (SSSR count). The van der Waals surface area contributed by atoms with E-state index in [1.165, 1.54) is 0 Å². The van der Waals surface area contributed by atoms with Crippen molar-refractivity contribution in [3.05, 3.63) is 70.3 Å². The van der Waals surface area contributed by atoms with E-state index in [1.807, 2.05) is 36.4 Å². The van der Waals surface area contributed by atoms with Crippen LogP contribution in [0.2, 0.25) is 10.2 Å². The summed E-state index contributed by atoms with van der Waals surface area (Å²) in [5.74, 6) is 1.20. The van der Waals surface area contributed by atoms with E-state index in [0.717, 1.165) is 22.1 Å². The summed E-state index contributed by atoms with van der Waals surface area (Å²) in [6.45, 7) is 0. The van der Waals surface area contributed by atoms with Crippen molar-refractivity contribution in [3.8, 4) is 5.75 Å². The van der Waals surface area contributed by atoms with Gasteiger partial charge in [-0.25, -0.2) is 9.97 Å². The Labute approximate surface area is 165 Å². The lowest BCUT2D eigenvalue weighted by atomic mass is 10.1. The molecule has 0 aliphatic carbocycles. The maximum Gasteiger partial charge on any atom is 0.185 e. The molecule has 1 aromatic heterocycles. The van der Waals surface area contributed by atoms with Crippen LogP contribution in [0.4, 0.5) is 5.82 Å². The fourth-order valence-corrected chi connectivity index (χ4v) is 3.04. The van der Waals surface area contributed by atoms with E-state index in [9.17, 15) is 0 Å². The Morgan fingerprint density at radius 3 is 2.59 bits per heavy atom. The summed E-state index contributed by atoms with van der Waals surface area (Å²) in [6.07, 6.45) is 1.70. The van der Waals surface area contributed by atoms with Gasteiger partial charge in [0.1, 0.15) is 5.75 Å². The summed E-state index contributed by atoms with van der Waals surface area (Å²) in [4.78, 5) is 8.71. The molecule has 0 amide bonds. The number of benzene rings is 3. The standard InChI is InChI=1S/C20H14Cl2N4O/c1-27-16-6-4-13-8-12(2-3-14(13)9-16)11-23-26-20-19(22)24-17-7-5-15(21)10-18(17)25-20/h2-11H,1H3,(H,25,26)/b23-11+. The van der Waals surface area contributed by atoms with Crippen LogP contribution in [0.1, 0.15) is 5.56 Å². The number of anilines is 1. The van der Waals surface area contributed by atoms with Crippen molar-refractivity contribution in [1.29, 1.82) is 0 Å². The van der Waals surface area contributed by atoms with Crippen LogP contribution < -0.4 is 10.2 Å². The van der Waals surface area contributed by atoms with Crippen LogP contribution in [0, 0.1) is 0 Å². The summed E-state index contributed by atoms with van der Waals surface area (Å²) in [5, 5.41) is 7.24. The van der Waals surface area contributed by atoms with Gasteiger partial charge in [0.05, 0.1) is 24.4 Å². The molecule has 5 nitrogen and oxygen atoms in total. The Kier molecular flexibility index (Phi) is 4.79. The number of rotatable bonds is 4. The molecule has 134 valence electrons. The van der Waals surface area contributed by atoms with E-state index >= 15 is 0 Å². The number of nitrogens with zero attached hydrogens (tertiary/aromatic N) is 3. The van der Waals surface area contributed by atoms with Crippen LogP contribution in [-0.2, 0) is 0 Å². The highest BCUT2D eigenvalue weighted by molar-refractivity contribution is 6.32. The van der Waals surface area contributed by atoms with Crippen LogP contribution in [0.15, 0.2) is 59.7 Å². The van der Waals surface area contributed by atoms with Crippen LogP contribution in [0.5, 0.6) is 5.75 Å². The first-order valence-corrected chi connectivity index (χ1v) is 8.88. The van der Waals surface area contributed by atoms with Crippen LogP contribution in [0.25, 0.3) is 21.8 Å². The molecular weight excluding hydrogens is 383 g/mol. The van der Waals surface area contributed by atoms with Gasteiger partial charge < -0.3 is 4.74 Å². The average molecular weight is 397 g/mol. The van der Waals surface area contributed by atoms with Gasteiger partial charge in [0.15, 0.2) is 11.0 Å². The molecule has 7 heteroatoms. The van der Waals surface area contributed by atoms with Gasteiger partial charge in [0.2, 0.25) is 0 Å². The van der Waals surface area contributed by atoms with Gasteiger partial charge in [-0.3, -0.25) is 5.43 Å². The van der Waals surface area contributed by atoms with Gasteiger partial charge in [-0.05, 0) is 52.7 Å². The minimum Gasteiger partial charge on any atom is -0.497 e. The first kappa shape index (κ1) is 17.5. The number of methoxy groups -OCH3 is 1. The fraction of sp³-hybridized carbons (Fsp3) is 0.0500. The third kappa shape index (κ3) is 3.79. The van der Waals surface area contributed by atoms with E-state index < -0.39 is 0 Å². The zero-order valence-electron chi connectivity index (χ0n) is 14.3. The molecule has 4 aromatic rings. The normalized spacial score (nSPS) is 11.4. The van der Waals surface area contributed by atoms with Crippen molar-refractivity contribution in [3.63, 3.8) is 0 Å². The molecule has 0 fully saturated rings. The molecule has 0 atom stereocenters. The lowest BCUT2D eigenvalue weighted by Crippen LogP contribution is -1.97. The maximum absolute atomic E-state index is 6.18. The Balaban J connectivity index is 1.57. The molecule has 0 unspecified atom stereocenters. The topological polar surface area (TPSA) is 59.4 Å². The number of nitrogens with one attached hydrogen (secondary N) is 1. The monoisotopic (exact) mass is 396 g/mol. The third-order valence-electron chi connectivity index (χ3n) is 4.04. The van der Waals surface area contributed by atoms with Crippen molar-refractivity contribution in [2.75, 3.05) is 12.5 Å². The summed E-state index contributed by atoms with van der Waals surface area (Å²) in [7, 11) is 1.66. The molecule has 0 saturated heterocycles. The van der Waals surface area contributed by atoms with Gasteiger partial charge in [0, 0.05) is 5.02 Å². The second-order valence-corrected chi connectivity index (χ2v) is 6.63. The highest BCUT2D eigenvalue weighted by Crippen LogP contribution is 2.24. The lowest BCUT2D eigenvalue weighted by Gasteiger charge is -2.05. The Morgan fingerprint density at radius 1 is 0.926 bits per heavy atom. The van der Waals surface area contributed by atoms with E-state index in [4.69, 9.17) is 27.9 Å². The molecule has 0 aliphatic heterocycles. The number of halogens is 2. The van der Waals surface area contributed by atoms with Crippen LogP contribution in [0.3, 0.4) is 0 Å². The number of ether oxygens (including phenoxy) is 1. The molecule has 0 bridgehead atoms. The largest absolute Gasteiger partial charge is 0.497 e. The van der Waals surface area contributed by atoms with Crippen molar-refractivity contribution in [1.82, 2.24) is 9.97 Å². The molecule has 3 aromatic carbocycles. The number of hydrazone groups is 1. The molecular formula is C20H14Cl2N4O. The zero-order valence-corrected chi connectivity index (χ0v) is 15.8. The number of hydrogen-bond acceptors (Lipinski definition) is 5. The quantitative estimate of drug-likeness (QED) is 0.363. The second-order valence-electron chi connectivity index (χ2n) is 5.84. The summed E-state index contributed by atoms with van der Waals surface area (Å²) in [5.41, 5.74) is 5.09. The summed E-state index contributed by atoms with van der Waals surface area (Å²) >= 11 is 12.2. The van der Waals surface area contributed by atoms with Gasteiger partial charge in [-0.1, -0.05) is 41.4 Å². The molecule has 0 saturated carbocycles. The molecule has 0 radical (unpaired) electrons. The van der Waals surface area contributed by atoms with E-state index in [1.54, 1.807) is 31.5 Å². The third-order valence-corrected chi connectivity index (χ3v) is 4.54. The minimum absolute atomic E-state index is 0.243. The van der Waals surface area contributed by atoms with Gasteiger partial charge in [-0.15, -0.1) is 0 Å². The van der Waals surface area contributed by atoms with Crippen molar-refractivity contribution >= 4 is 57.0 Å². The summed E-state index contributed by atoms with van der Waals surface area (Å²) < 4.78 is 5.25. The van der Waals surface area contributed by atoms with Gasteiger partial charge in [-0.2, -0.15) is 5.10 Å². The first-order chi connectivity index (χ1) is 13.1. The minimum atomic E-state index is 0.243. The van der Waals surface area contributed by atoms with Crippen molar-refractivity contribution in [2.45, 2.75) is 0 Å².